The first-order valence-electron chi connectivity index (χ1n) is 12.6. The van der Waals surface area contributed by atoms with E-state index in [1.54, 1.807) is 46.0 Å². The van der Waals surface area contributed by atoms with Crippen LogP contribution in [0.4, 0.5) is 16.2 Å². The molecule has 0 bridgehead atoms. The Labute approximate surface area is 235 Å². The van der Waals surface area contributed by atoms with Gasteiger partial charge in [-0.05, 0) is 63.1 Å². The normalized spacial score (nSPS) is 11.1. The molecule has 0 aliphatic heterocycles. The average Bonchev–Trinajstić information content (AvgIpc) is 3.21. The van der Waals surface area contributed by atoms with Crippen LogP contribution in [0.3, 0.4) is 0 Å². The number of pyridine rings is 1. The number of carbonyl (C=O) groups is 3. The molecule has 11 heteroatoms. The first-order valence-corrected chi connectivity index (χ1v) is 12.6. The number of carbonyl (C=O) groups excluding carboxylic acids is 3. The van der Waals surface area contributed by atoms with Crippen molar-refractivity contribution in [1.82, 2.24) is 4.40 Å². The van der Waals surface area contributed by atoms with E-state index in [-0.39, 0.29) is 34.9 Å². The van der Waals surface area contributed by atoms with E-state index in [4.69, 9.17) is 14.2 Å². The van der Waals surface area contributed by atoms with Crippen LogP contribution in [-0.2, 0) is 16.1 Å². The van der Waals surface area contributed by atoms with Gasteiger partial charge in [-0.25, -0.2) is 9.59 Å². The van der Waals surface area contributed by atoms with E-state index in [0.29, 0.717) is 16.8 Å². The number of aromatic nitrogens is 1. The first kappa shape index (κ1) is 28.8. The lowest BCUT2D eigenvalue weighted by atomic mass is 10.0. The molecule has 0 unspecified atom stereocenters. The van der Waals surface area contributed by atoms with Gasteiger partial charge in [0.25, 0.3) is 0 Å². The van der Waals surface area contributed by atoms with Gasteiger partial charge in [0.2, 0.25) is 5.78 Å². The maximum absolute atomic E-state index is 13.8. The Bertz CT molecular complexity index is 1650. The topological polar surface area (TPSA) is 138 Å². The van der Waals surface area contributed by atoms with E-state index in [0.717, 1.165) is 5.56 Å². The summed E-state index contributed by atoms with van der Waals surface area (Å²) >= 11 is 0. The molecule has 4 aromatic rings. The molecule has 11 nitrogen and oxygen atoms in total. The summed E-state index contributed by atoms with van der Waals surface area (Å²) in [5.41, 5.74) is 1.14. The molecule has 2 heterocycles. The minimum atomic E-state index is -0.725. The summed E-state index contributed by atoms with van der Waals surface area (Å²) in [6.45, 7) is 6.83. The molecule has 0 saturated carbocycles. The van der Waals surface area contributed by atoms with Gasteiger partial charge in [0.05, 0.1) is 28.8 Å². The largest absolute Gasteiger partial charge is 0.490 e. The van der Waals surface area contributed by atoms with Gasteiger partial charge >= 0.3 is 17.7 Å². The van der Waals surface area contributed by atoms with Crippen molar-refractivity contribution >= 4 is 34.7 Å². The molecule has 2 aromatic carbocycles. The standard InChI is InChI=1S/C30H29N3O8/c1-18-25(28(35)40-17-19-9-7-6-8-10-19)23-16-21(31-29(36)41-30(2,3)4)13-14-32(23)26(18)27(34)20-11-12-22(33(37)38)24(15-20)39-5/h6-16H,17H2,1-5H3,(H,31,36). The van der Waals surface area contributed by atoms with Crippen molar-refractivity contribution in [2.24, 2.45) is 0 Å². The summed E-state index contributed by atoms with van der Waals surface area (Å²) in [5.74, 6) is -1.25. The number of ether oxygens (including phenoxy) is 3. The van der Waals surface area contributed by atoms with E-state index < -0.39 is 28.4 Å². The predicted molar refractivity (Wildman–Crippen MR) is 151 cm³/mol. The third-order valence-electron chi connectivity index (χ3n) is 6.10. The smallest absolute Gasteiger partial charge is 0.412 e. The lowest BCUT2D eigenvalue weighted by molar-refractivity contribution is -0.385. The van der Waals surface area contributed by atoms with Gasteiger partial charge < -0.3 is 18.6 Å². The third-order valence-corrected chi connectivity index (χ3v) is 6.10. The summed E-state index contributed by atoms with van der Waals surface area (Å²) in [7, 11) is 1.27. The molecule has 41 heavy (non-hydrogen) atoms. The number of hydrogen-bond donors (Lipinski definition) is 1. The Hall–Kier alpha value is -5.19. The highest BCUT2D eigenvalue weighted by molar-refractivity contribution is 6.13. The number of nitrogens with zero attached hydrogens (tertiary/aromatic N) is 2. The van der Waals surface area contributed by atoms with Crippen LogP contribution in [0.25, 0.3) is 5.52 Å². The highest BCUT2D eigenvalue weighted by Crippen LogP contribution is 2.32. The minimum absolute atomic E-state index is 0.00906. The molecule has 0 radical (unpaired) electrons. The number of esters is 1. The number of benzene rings is 2. The molecule has 0 aliphatic carbocycles. The van der Waals surface area contributed by atoms with Crippen LogP contribution >= 0.6 is 0 Å². The van der Waals surface area contributed by atoms with Crippen LogP contribution in [0.5, 0.6) is 5.75 Å². The maximum atomic E-state index is 13.8. The van der Waals surface area contributed by atoms with Gasteiger partial charge in [-0.1, -0.05) is 30.3 Å². The monoisotopic (exact) mass is 559 g/mol. The molecular weight excluding hydrogens is 530 g/mol. The van der Waals surface area contributed by atoms with Gasteiger partial charge in [-0.15, -0.1) is 0 Å². The average molecular weight is 560 g/mol. The number of nitro benzene ring substituents is 1. The van der Waals surface area contributed by atoms with Gasteiger partial charge in [0.1, 0.15) is 12.2 Å². The third kappa shape index (κ3) is 6.35. The Kier molecular flexibility index (Phi) is 8.08. The summed E-state index contributed by atoms with van der Waals surface area (Å²) in [6, 6.07) is 16.0. The fourth-order valence-corrected chi connectivity index (χ4v) is 4.32. The van der Waals surface area contributed by atoms with Crippen LogP contribution in [0.15, 0.2) is 66.9 Å². The lowest BCUT2D eigenvalue weighted by Crippen LogP contribution is -2.27. The Morgan fingerprint density at radius 3 is 2.37 bits per heavy atom. The van der Waals surface area contributed by atoms with Gasteiger partial charge in [-0.3, -0.25) is 20.2 Å². The highest BCUT2D eigenvalue weighted by atomic mass is 16.6. The number of hydrogen-bond acceptors (Lipinski definition) is 8. The van der Waals surface area contributed by atoms with Crippen LogP contribution in [0, 0.1) is 17.0 Å². The zero-order valence-corrected chi connectivity index (χ0v) is 23.2. The van der Waals surface area contributed by atoms with Crippen molar-refractivity contribution in [2.75, 3.05) is 12.4 Å². The summed E-state index contributed by atoms with van der Waals surface area (Å²) < 4.78 is 17.6. The molecule has 4 rings (SSSR count). The number of methoxy groups -OCH3 is 1. The molecule has 0 spiro atoms. The second kappa shape index (κ2) is 11.5. The second-order valence-corrected chi connectivity index (χ2v) is 10.2. The van der Waals surface area contributed by atoms with E-state index in [1.807, 2.05) is 30.3 Å². The number of ketones is 1. The summed E-state index contributed by atoms with van der Waals surface area (Å²) in [4.78, 5) is 50.3. The fourth-order valence-electron chi connectivity index (χ4n) is 4.32. The zero-order valence-electron chi connectivity index (χ0n) is 23.2. The molecule has 2 aromatic heterocycles. The number of nitro groups is 1. The summed E-state index contributed by atoms with van der Waals surface area (Å²) in [5, 5.41) is 14.0. The minimum Gasteiger partial charge on any atom is -0.490 e. The molecule has 1 N–H and O–H groups in total. The van der Waals surface area contributed by atoms with E-state index in [9.17, 15) is 24.5 Å². The summed E-state index contributed by atoms with van der Waals surface area (Å²) in [6.07, 6.45) is 0.853. The van der Waals surface area contributed by atoms with Gasteiger partial charge in [0.15, 0.2) is 5.75 Å². The lowest BCUT2D eigenvalue weighted by Gasteiger charge is -2.19. The van der Waals surface area contributed by atoms with E-state index in [2.05, 4.69) is 5.32 Å². The number of rotatable bonds is 8. The maximum Gasteiger partial charge on any atom is 0.412 e. The molecular formula is C30H29N3O8. The van der Waals surface area contributed by atoms with Crippen molar-refractivity contribution in [2.45, 2.75) is 39.9 Å². The SMILES string of the molecule is COc1cc(C(=O)c2c(C)c(C(=O)OCc3ccccc3)c3cc(NC(=O)OC(C)(C)C)ccn23)ccc1[N+](=O)[O-]. The van der Waals surface area contributed by atoms with Crippen molar-refractivity contribution in [3.05, 3.63) is 105 Å². The van der Waals surface area contributed by atoms with Crippen LogP contribution < -0.4 is 10.1 Å². The predicted octanol–water partition coefficient (Wildman–Crippen LogP) is 6.10. The fraction of sp³-hybridized carbons (Fsp3) is 0.233. The quantitative estimate of drug-likeness (QED) is 0.118. The van der Waals surface area contributed by atoms with Crippen LogP contribution in [0.1, 0.15) is 58.3 Å². The molecule has 0 aliphatic rings. The first-order chi connectivity index (χ1) is 19.4. The molecule has 0 saturated heterocycles. The molecule has 0 atom stereocenters. The van der Waals surface area contributed by atoms with E-state index in [1.165, 1.54) is 29.7 Å². The number of anilines is 1. The molecule has 0 fully saturated rings. The van der Waals surface area contributed by atoms with Gasteiger partial charge in [0, 0.05) is 23.5 Å². The Morgan fingerprint density at radius 2 is 1.73 bits per heavy atom. The van der Waals surface area contributed by atoms with Crippen LogP contribution in [0.2, 0.25) is 0 Å². The second-order valence-electron chi connectivity index (χ2n) is 10.2. The van der Waals surface area contributed by atoms with Crippen molar-refractivity contribution in [1.29, 1.82) is 0 Å². The van der Waals surface area contributed by atoms with Crippen molar-refractivity contribution < 1.29 is 33.5 Å². The number of nitrogens with one attached hydrogen (secondary N) is 1. The number of fused-ring (bicyclic) bond motifs is 1. The van der Waals surface area contributed by atoms with Gasteiger partial charge in [-0.2, -0.15) is 0 Å². The van der Waals surface area contributed by atoms with Crippen molar-refractivity contribution in [3.8, 4) is 5.75 Å². The molecule has 212 valence electrons. The highest BCUT2D eigenvalue weighted by Gasteiger charge is 2.28. The molecule has 1 amide bonds. The van der Waals surface area contributed by atoms with Crippen LogP contribution in [-0.4, -0.2) is 39.9 Å². The number of amides is 1. The van der Waals surface area contributed by atoms with E-state index >= 15 is 0 Å². The Morgan fingerprint density at radius 1 is 1.02 bits per heavy atom. The Balaban J connectivity index is 1.79. The zero-order chi connectivity index (χ0) is 29.9. The van der Waals surface area contributed by atoms with Crippen molar-refractivity contribution in [3.63, 3.8) is 0 Å².